The number of hydrogen-bond acceptors (Lipinski definition) is 5. The molecule has 104 valence electrons. The van der Waals surface area contributed by atoms with Gasteiger partial charge in [0, 0.05) is 24.2 Å². The van der Waals surface area contributed by atoms with Crippen molar-refractivity contribution in [1.82, 2.24) is 4.90 Å². The number of oxime groups is 1. The minimum Gasteiger partial charge on any atom is -0.409 e. The summed E-state index contributed by atoms with van der Waals surface area (Å²) in [4.78, 5) is 13.5. The summed E-state index contributed by atoms with van der Waals surface area (Å²) in [5, 5.41) is 29.2. The van der Waals surface area contributed by atoms with Crippen LogP contribution in [-0.2, 0) is 0 Å². The third-order valence-corrected chi connectivity index (χ3v) is 2.54. The fraction of sp³-hybridized carbons (Fsp3) is 0.333. The van der Waals surface area contributed by atoms with Gasteiger partial charge in [0.1, 0.15) is 0 Å². The van der Waals surface area contributed by atoms with E-state index in [-0.39, 0.29) is 38.0 Å². The Kier molecular flexibility index (Phi) is 5.77. The van der Waals surface area contributed by atoms with Crippen LogP contribution in [0.3, 0.4) is 0 Å². The highest BCUT2D eigenvalue weighted by Crippen LogP contribution is 2.08. The Morgan fingerprint density at radius 2 is 1.79 bits per heavy atom. The van der Waals surface area contributed by atoms with Crippen LogP contribution in [0.25, 0.3) is 0 Å². The highest BCUT2D eigenvalue weighted by Gasteiger charge is 2.15. The maximum Gasteiger partial charge on any atom is 0.254 e. The van der Waals surface area contributed by atoms with Crippen LogP contribution < -0.4 is 5.73 Å². The van der Waals surface area contributed by atoms with Crippen molar-refractivity contribution in [2.75, 3.05) is 26.3 Å². The van der Waals surface area contributed by atoms with Crippen molar-refractivity contribution in [3.8, 4) is 0 Å². The van der Waals surface area contributed by atoms with Crippen molar-refractivity contribution in [3.63, 3.8) is 0 Å². The zero-order chi connectivity index (χ0) is 14.3. The molecule has 0 heterocycles. The molecule has 0 aliphatic carbocycles. The zero-order valence-corrected chi connectivity index (χ0v) is 10.4. The number of nitrogens with two attached hydrogens (primary N) is 1. The molecule has 0 aromatic heterocycles. The molecule has 0 radical (unpaired) electrons. The molecule has 0 aliphatic rings. The maximum atomic E-state index is 12.1. The first-order valence-electron chi connectivity index (χ1n) is 5.73. The van der Waals surface area contributed by atoms with Crippen molar-refractivity contribution in [3.05, 3.63) is 35.4 Å². The minimum absolute atomic E-state index is 0.0921. The maximum absolute atomic E-state index is 12.1. The van der Waals surface area contributed by atoms with E-state index in [0.717, 1.165) is 0 Å². The Bertz CT molecular complexity index is 456. The van der Waals surface area contributed by atoms with Gasteiger partial charge in [0.2, 0.25) is 0 Å². The Morgan fingerprint density at radius 3 is 2.32 bits per heavy atom. The van der Waals surface area contributed by atoms with E-state index < -0.39 is 0 Å². The van der Waals surface area contributed by atoms with Crippen molar-refractivity contribution < 1.29 is 20.2 Å². The summed E-state index contributed by atoms with van der Waals surface area (Å²) in [6, 6.07) is 6.28. The quantitative estimate of drug-likeness (QED) is 0.233. The van der Waals surface area contributed by atoms with E-state index in [9.17, 15) is 4.79 Å². The van der Waals surface area contributed by atoms with Crippen molar-refractivity contribution in [2.24, 2.45) is 10.9 Å². The first-order chi connectivity index (χ1) is 9.13. The third kappa shape index (κ3) is 3.94. The van der Waals surface area contributed by atoms with Gasteiger partial charge in [-0.1, -0.05) is 17.3 Å². The molecule has 5 N–H and O–H groups in total. The molecule has 1 aromatic carbocycles. The lowest BCUT2D eigenvalue weighted by molar-refractivity contribution is 0.0685. The number of aliphatic hydroxyl groups is 2. The first-order valence-corrected chi connectivity index (χ1v) is 5.73. The van der Waals surface area contributed by atoms with Crippen LogP contribution in [0.15, 0.2) is 29.4 Å². The van der Waals surface area contributed by atoms with E-state index in [1.54, 1.807) is 18.2 Å². The number of carbonyl (C=O) groups excluding carboxylic acids is 1. The molecule has 0 saturated heterocycles. The number of aliphatic hydroxyl groups excluding tert-OH is 2. The van der Waals surface area contributed by atoms with Crippen molar-refractivity contribution >= 4 is 11.7 Å². The van der Waals surface area contributed by atoms with Gasteiger partial charge in [0.15, 0.2) is 5.84 Å². The number of carbonyl (C=O) groups is 1. The van der Waals surface area contributed by atoms with Crippen LogP contribution in [0.4, 0.5) is 0 Å². The van der Waals surface area contributed by atoms with E-state index in [4.69, 9.17) is 21.2 Å². The van der Waals surface area contributed by atoms with Gasteiger partial charge in [-0.3, -0.25) is 4.79 Å². The van der Waals surface area contributed by atoms with Crippen LogP contribution in [-0.4, -0.2) is 58.4 Å². The minimum atomic E-state index is -0.337. The van der Waals surface area contributed by atoms with Crippen LogP contribution in [0.1, 0.15) is 15.9 Å². The smallest absolute Gasteiger partial charge is 0.254 e. The topological polar surface area (TPSA) is 119 Å². The standard InChI is InChI=1S/C12H17N3O4/c13-11(14-19)9-2-1-3-10(8-9)12(18)15(4-6-16)5-7-17/h1-3,8,16-17,19H,4-7H2,(H2,13,14). The second-order valence-corrected chi connectivity index (χ2v) is 3.81. The van der Waals surface area contributed by atoms with Crippen LogP contribution in [0, 0.1) is 0 Å². The monoisotopic (exact) mass is 267 g/mol. The molecule has 1 amide bonds. The zero-order valence-electron chi connectivity index (χ0n) is 10.4. The SMILES string of the molecule is N/C(=N/O)c1cccc(C(=O)N(CCO)CCO)c1. The Hall–Kier alpha value is -2.12. The number of benzene rings is 1. The lowest BCUT2D eigenvalue weighted by atomic mass is 10.1. The lowest BCUT2D eigenvalue weighted by Gasteiger charge is -2.20. The molecule has 0 aliphatic heterocycles. The Morgan fingerprint density at radius 1 is 1.21 bits per heavy atom. The van der Waals surface area contributed by atoms with Gasteiger partial charge in [-0.25, -0.2) is 0 Å². The fourth-order valence-electron chi connectivity index (χ4n) is 1.61. The van der Waals surface area contributed by atoms with Gasteiger partial charge >= 0.3 is 0 Å². The van der Waals surface area contributed by atoms with Crippen molar-refractivity contribution in [1.29, 1.82) is 0 Å². The molecule has 0 spiro atoms. The van der Waals surface area contributed by atoms with Gasteiger partial charge in [0.25, 0.3) is 5.91 Å². The number of nitrogens with zero attached hydrogens (tertiary/aromatic N) is 2. The molecule has 0 fully saturated rings. The average molecular weight is 267 g/mol. The summed E-state index contributed by atoms with van der Waals surface area (Å²) >= 11 is 0. The molecule has 19 heavy (non-hydrogen) atoms. The summed E-state index contributed by atoms with van der Waals surface area (Å²) in [6.07, 6.45) is 0. The molecule has 0 atom stereocenters. The van der Waals surface area contributed by atoms with E-state index in [2.05, 4.69) is 5.16 Å². The van der Waals surface area contributed by atoms with Crippen LogP contribution in [0.5, 0.6) is 0 Å². The second kappa shape index (κ2) is 7.34. The van der Waals surface area contributed by atoms with E-state index in [1.807, 2.05) is 0 Å². The molecule has 0 unspecified atom stereocenters. The van der Waals surface area contributed by atoms with Crippen molar-refractivity contribution in [2.45, 2.75) is 0 Å². The molecule has 0 bridgehead atoms. The summed E-state index contributed by atoms with van der Waals surface area (Å²) in [7, 11) is 0. The normalized spacial score (nSPS) is 11.4. The van der Waals surface area contributed by atoms with E-state index in [1.165, 1.54) is 11.0 Å². The van der Waals surface area contributed by atoms with Gasteiger partial charge in [-0.2, -0.15) is 0 Å². The highest BCUT2D eigenvalue weighted by molar-refractivity contribution is 6.01. The largest absolute Gasteiger partial charge is 0.409 e. The van der Waals surface area contributed by atoms with Gasteiger partial charge in [-0.15, -0.1) is 0 Å². The van der Waals surface area contributed by atoms with Crippen LogP contribution in [0.2, 0.25) is 0 Å². The molecule has 0 saturated carbocycles. The molecule has 1 aromatic rings. The van der Waals surface area contributed by atoms with Gasteiger partial charge < -0.3 is 26.1 Å². The van der Waals surface area contributed by atoms with Gasteiger partial charge in [0.05, 0.1) is 13.2 Å². The highest BCUT2D eigenvalue weighted by atomic mass is 16.4. The van der Waals surface area contributed by atoms with E-state index >= 15 is 0 Å². The second-order valence-electron chi connectivity index (χ2n) is 3.81. The summed E-state index contributed by atoms with van der Waals surface area (Å²) < 4.78 is 0. The first kappa shape index (κ1) is 14.9. The Balaban J connectivity index is 2.97. The number of rotatable bonds is 6. The summed E-state index contributed by atoms with van der Waals surface area (Å²) in [5.41, 5.74) is 6.21. The van der Waals surface area contributed by atoms with E-state index in [0.29, 0.717) is 11.1 Å². The van der Waals surface area contributed by atoms with Gasteiger partial charge in [-0.05, 0) is 12.1 Å². The number of amides is 1. The fourth-order valence-corrected chi connectivity index (χ4v) is 1.61. The molecule has 1 rings (SSSR count). The molecular formula is C12H17N3O4. The predicted molar refractivity (Wildman–Crippen MR) is 69.0 cm³/mol. The lowest BCUT2D eigenvalue weighted by Crippen LogP contribution is -2.36. The molecule has 7 heteroatoms. The third-order valence-electron chi connectivity index (χ3n) is 2.54. The summed E-state index contributed by atoms with van der Waals surface area (Å²) in [5.74, 6) is -0.429. The molecule has 7 nitrogen and oxygen atoms in total. The van der Waals surface area contributed by atoms with Crippen LogP contribution >= 0.6 is 0 Å². The Labute approximate surface area is 110 Å². The number of hydrogen-bond donors (Lipinski definition) is 4. The molecular weight excluding hydrogens is 250 g/mol. The summed E-state index contributed by atoms with van der Waals surface area (Å²) in [6.45, 7) is -0.113. The number of amidine groups is 1. The predicted octanol–water partition coefficient (Wildman–Crippen LogP) is -0.792. The average Bonchev–Trinajstić information content (AvgIpc) is 2.45.